The molecule has 0 radical (unpaired) electrons. The van der Waals surface area contributed by atoms with Gasteiger partial charge in [-0.2, -0.15) is 0 Å². The van der Waals surface area contributed by atoms with E-state index in [4.69, 9.17) is 18.9 Å². The lowest BCUT2D eigenvalue weighted by Gasteiger charge is -2.15. The second-order valence-electron chi connectivity index (χ2n) is 9.50. The summed E-state index contributed by atoms with van der Waals surface area (Å²) in [6.45, 7) is 1.26. The molecule has 5 rings (SSSR count). The molecule has 0 saturated carbocycles. The number of carbonyl (C=O) groups is 2. The highest BCUT2D eigenvalue weighted by Crippen LogP contribution is 2.35. The second kappa shape index (κ2) is 12.3. The van der Waals surface area contributed by atoms with Crippen LogP contribution in [0, 0.1) is 11.6 Å². The van der Waals surface area contributed by atoms with Crippen molar-refractivity contribution in [3.63, 3.8) is 0 Å². The van der Waals surface area contributed by atoms with E-state index in [2.05, 4.69) is 9.97 Å². The zero-order chi connectivity index (χ0) is 31.5. The van der Waals surface area contributed by atoms with Gasteiger partial charge in [-0.3, -0.25) is 23.9 Å². The predicted molar refractivity (Wildman–Crippen MR) is 156 cm³/mol. The Morgan fingerprint density at radius 2 is 1.64 bits per heavy atom. The van der Waals surface area contributed by atoms with Crippen molar-refractivity contribution >= 4 is 22.6 Å². The lowest BCUT2D eigenvalue weighted by molar-refractivity contribution is 0.0987. The Morgan fingerprint density at radius 3 is 2.27 bits per heavy atom. The number of methoxy groups -OCH3 is 3. The van der Waals surface area contributed by atoms with Crippen LogP contribution < -0.4 is 24.5 Å². The van der Waals surface area contributed by atoms with Crippen molar-refractivity contribution in [2.75, 3.05) is 21.3 Å². The Kier molecular flexibility index (Phi) is 8.34. The molecule has 224 valence electrons. The fourth-order valence-electron chi connectivity index (χ4n) is 4.62. The van der Waals surface area contributed by atoms with Crippen molar-refractivity contribution in [1.82, 2.24) is 14.5 Å². The van der Waals surface area contributed by atoms with Gasteiger partial charge >= 0.3 is 0 Å². The van der Waals surface area contributed by atoms with Crippen molar-refractivity contribution in [3.8, 4) is 34.6 Å². The number of nitrogens with zero attached hydrogens (tertiary/aromatic N) is 3. The SMILES string of the molecule is COc1cc2nccc(Oc3ccc(CC(=O)c4c(OC)c(C(C)=O)cn(-c5ccc(F)cc5)c4=O)cc3F)c2nc1OC. The largest absolute Gasteiger partial charge is 0.495 e. The first kappa shape index (κ1) is 29.8. The van der Waals surface area contributed by atoms with Crippen molar-refractivity contribution in [2.24, 2.45) is 0 Å². The van der Waals surface area contributed by atoms with Crippen LogP contribution in [0.3, 0.4) is 0 Å². The Hall–Kier alpha value is -5.65. The third kappa shape index (κ3) is 5.69. The molecule has 0 aliphatic rings. The zero-order valence-electron chi connectivity index (χ0n) is 24.0. The van der Waals surface area contributed by atoms with E-state index in [0.717, 1.165) is 22.8 Å². The summed E-state index contributed by atoms with van der Waals surface area (Å²) in [5, 5.41) is 0. The van der Waals surface area contributed by atoms with Crippen LogP contribution in [0.2, 0.25) is 0 Å². The first-order chi connectivity index (χ1) is 21.1. The number of rotatable bonds is 10. The number of aromatic nitrogens is 3. The molecule has 10 nitrogen and oxygen atoms in total. The second-order valence-corrected chi connectivity index (χ2v) is 9.50. The number of ketones is 2. The highest BCUT2D eigenvalue weighted by Gasteiger charge is 2.26. The molecule has 3 aromatic heterocycles. The highest BCUT2D eigenvalue weighted by molar-refractivity contribution is 6.05. The van der Waals surface area contributed by atoms with E-state index < -0.39 is 40.7 Å². The number of carbonyl (C=O) groups excluding carboxylic acids is 2. The molecule has 0 spiro atoms. The number of halogens is 2. The zero-order valence-corrected chi connectivity index (χ0v) is 24.0. The maximum atomic E-state index is 15.3. The van der Waals surface area contributed by atoms with Gasteiger partial charge in [0.25, 0.3) is 11.4 Å². The minimum atomic E-state index is -0.784. The van der Waals surface area contributed by atoms with E-state index in [-0.39, 0.29) is 39.9 Å². The first-order valence-corrected chi connectivity index (χ1v) is 13.1. The van der Waals surface area contributed by atoms with Gasteiger partial charge in [0.2, 0.25) is 0 Å². The van der Waals surface area contributed by atoms with Crippen LogP contribution in [0.1, 0.15) is 33.2 Å². The van der Waals surface area contributed by atoms with E-state index >= 15 is 4.39 Å². The molecule has 12 heteroatoms. The Balaban J connectivity index is 1.48. The van der Waals surface area contributed by atoms with Crippen LogP contribution in [0.25, 0.3) is 16.7 Å². The molecule has 0 amide bonds. The molecule has 3 heterocycles. The van der Waals surface area contributed by atoms with Gasteiger partial charge in [0.05, 0.1) is 32.4 Å². The molecule has 0 aliphatic heterocycles. The molecule has 0 N–H and O–H groups in total. The molecule has 44 heavy (non-hydrogen) atoms. The normalized spacial score (nSPS) is 10.9. The van der Waals surface area contributed by atoms with Crippen LogP contribution in [0.5, 0.6) is 28.9 Å². The average Bonchev–Trinajstić information content (AvgIpc) is 3.01. The number of benzene rings is 2. The van der Waals surface area contributed by atoms with Gasteiger partial charge in [-0.25, -0.2) is 13.8 Å². The van der Waals surface area contributed by atoms with E-state index in [9.17, 15) is 18.8 Å². The fourth-order valence-corrected chi connectivity index (χ4v) is 4.62. The predicted octanol–water partition coefficient (Wildman–Crippen LogP) is 5.51. The summed E-state index contributed by atoms with van der Waals surface area (Å²) in [6.07, 6.45) is 2.31. The summed E-state index contributed by atoms with van der Waals surface area (Å²) in [5.41, 5.74) is -0.0158. The molecule has 0 bridgehead atoms. The van der Waals surface area contributed by atoms with Crippen molar-refractivity contribution < 1.29 is 37.3 Å². The molecular formula is C32H25F2N3O7. The Morgan fingerprint density at radius 1 is 0.886 bits per heavy atom. The van der Waals surface area contributed by atoms with Crippen LogP contribution >= 0.6 is 0 Å². The van der Waals surface area contributed by atoms with Gasteiger partial charge in [-0.05, 0) is 48.9 Å². The number of ether oxygens (including phenoxy) is 4. The lowest BCUT2D eigenvalue weighted by Crippen LogP contribution is -2.28. The fraction of sp³-hybridized carbons (Fsp3) is 0.156. The quantitative estimate of drug-likeness (QED) is 0.191. The molecule has 0 unspecified atom stereocenters. The van der Waals surface area contributed by atoms with Crippen molar-refractivity contribution in [3.05, 3.63) is 106 Å². The Labute approximate surface area is 249 Å². The average molecular weight is 602 g/mol. The molecule has 0 saturated heterocycles. The summed E-state index contributed by atoms with van der Waals surface area (Å²) in [7, 11) is 4.12. The van der Waals surface area contributed by atoms with E-state index in [1.165, 1.54) is 71.0 Å². The third-order valence-corrected chi connectivity index (χ3v) is 6.73. The van der Waals surface area contributed by atoms with E-state index in [1.54, 1.807) is 6.07 Å². The molecule has 2 aromatic carbocycles. The Bertz CT molecular complexity index is 1970. The molecule has 0 atom stereocenters. The summed E-state index contributed by atoms with van der Waals surface area (Å²) in [6, 6.07) is 12.0. The van der Waals surface area contributed by atoms with Gasteiger partial charge in [-0.1, -0.05) is 6.07 Å². The molecule has 5 aromatic rings. The van der Waals surface area contributed by atoms with E-state index in [0.29, 0.717) is 16.8 Å². The minimum absolute atomic E-state index is 0.0258. The maximum Gasteiger partial charge on any atom is 0.269 e. The van der Waals surface area contributed by atoms with Crippen LogP contribution in [0.15, 0.2) is 71.8 Å². The number of fused-ring (bicyclic) bond motifs is 1. The lowest BCUT2D eigenvalue weighted by atomic mass is 10.00. The number of hydrogen-bond donors (Lipinski definition) is 0. The smallest absolute Gasteiger partial charge is 0.269 e. The van der Waals surface area contributed by atoms with Crippen LogP contribution in [-0.4, -0.2) is 47.4 Å². The summed E-state index contributed by atoms with van der Waals surface area (Å²) < 4.78 is 51.5. The molecule has 0 fully saturated rings. The number of Topliss-reactive ketones (excluding diaryl/α,β-unsaturated/α-hetero) is 2. The highest BCUT2D eigenvalue weighted by atomic mass is 19.1. The van der Waals surface area contributed by atoms with E-state index in [1.807, 2.05) is 0 Å². The van der Waals surface area contributed by atoms with Gasteiger partial charge < -0.3 is 18.9 Å². The maximum absolute atomic E-state index is 15.3. The molecular weight excluding hydrogens is 576 g/mol. The molecule has 0 aliphatic carbocycles. The third-order valence-electron chi connectivity index (χ3n) is 6.73. The van der Waals surface area contributed by atoms with Gasteiger partial charge in [-0.15, -0.1) is 0 Å². The summed E-state index contributed by atoms with van der Waals surface area (Å²) in [4.78, 5) is 48.1. The minimum Gasteiger partial charge on any atom is -0.495 e. The summed E-state index contributed by atoms with van der Waals surface area (Å²) >= 11 is 0. The number of pyridine rings is 3. The van der Waals surface area contributed by atoms with Gasteiger partial charge in [0.15, 0.2) is 34.6 Å². The standard InChI is InChI=1S/C32H25F2N3O7/c1-17(38)21-16-37(20-8-6-19(33)7-9-20)32(40)28(30(21)42-3)24(39)14-18-5-10-25(22(34)13-18)44-26-11-12-35-23-15-27(41-2)31(43-4)36-29(23)26/h5-13,15-16H,14H2,1-4H3. The van der Waals surface area contributed by atoms with Crippen LogP contribution in [-0.2, 0) is 6.42 Å². The van der Waals surface area contributed by atoms with Crippen molar-refractivity contribution in [2.45, 2.75) is 13.3 Å². The van der Waals surface area contributed by atoms with Crippen LogP contribution in [0.4, 0.5) is 8.78 Å². The van der Waals surface area contributed by atoms with Crippen molar-refractivity contribution in [1.29, 1.82) is 0 Å². The van der Waals surface area contributed by atoms with Gasteiger partial charge in [0, 0.05) is 36.6 Å². The number of hydrogen-bond acceptors (Lipinski definition) is 9. The first-order valence-electron chi connectivity index (χ1n) is 13.1. The topological polar surface area (TPSA) is 119 Å². The monoisotopic (exact) mass is 601 g/mol. The summed E-state index contributed by atoms with van der Waals surface area (Å²) in [5.74, 6) is -2.09. The van der Waals surface area contributed by atoms with Gasteiger partial charge in [0.1, 0.15) is 22.6 Å².